The summed E-state index contributed by atoms with van der Waals surface area (Å²) in [5.41, 5.74) is -0.0356. The van der Waals surface area contributed by atoms with Crippen LogP contribution in [0.5, 0.6) is 0 Å². The second kappa shape index (κ2) is 5.33. The van der Waals surface area contributed by atoms with Crippen LogP contribution in [0.4, 0.5) is 13.2 Å². The number of rotatable bonds is 4. The first-order valence-corrected chi connectivity index (χ1v) is 5.10. The zero-order valence-corrected chi connectivity index (χ0v) is 9.54. The summed E-state index contributed by atoms with van der Waals surface area (Å²) in [6.07, 6.45) is -4.61. The van der Waals surface area contributed by atoms with Crippen molar-refractivity contribution in [2.24, 2.45) is 5.84 Å². The summed E-state index contributed by atoms with van der Waals surface area (Å²) in [5, 5.41) is 1.27. The van der Waals surface area contributed by atoms with Crippen molar-refractivity contribution in [2.45, 2.75) is 18.6 Å². The quantitative estimate of drug-likeness (QED) is 0.501. The molecule has 0 saturated heterocycles. The molecule has 0 bridgehead atoms. The molecule has 0 aliphatic heterocycles. The Kier molecular flexibility index (Phi) is 4.31. The summed E-state index contributed by atoms with van der Waals surface area (Å²) in [4.78, 5) is 0. The topological polar surface area (TPSA) is 29.3 Å². The SMILES string of the molecule is C=C(CC(c1ccccc1)N(C)N)C(F)(F)F. The first-order chi connectivity index (χ1) is 7.82. The van der Waals surface area contributed by atoms with Gasteiger partial charge in [-0.1, -0.05) is 36.9 Å². The molecule has 1 unspecified atom stereocenters. The Morgan fingerprint density at radius 1 is 1.35 bits per heavy atom. The third-order valence-corrected chi connectivity index (χ3v) is 2.52. The van der Waals surface area contributed by atoms with Gasteiger partial charge in [-0.2, -0.15) is 13.2 Å². The number of benzene rings is 1. The van der Waals surface area contributed by atoms with Gasteiger partial charge in [-0.15, -0.1) is 0 Å². The molecule has 1 rings (SSSR count). The van der Waals surface area contributed by atoms with E-state index in [0.717, 1.165) is 5.56 Å². The van der Waals surface area contributed by atoms with Crippen LogP contribution < -0.4 is 5.84 Å². The third-order valence-electron chi connectivity index (χ3n) is 2.52. The Morgan fingerprint density at radius 3 is 2.29 bits per heavy atom. The predicted octanol–water partition coefficient (Wildman–Crippen LogP) is 3.04. The standard InChI is InChI=1S/C12H15F3N2/c1-9(12(13,14)15)8-11(17(2)16)10-6-4-3-5-7-10/h3-7,11H,1,8,16H2,2H3. The molecule has 2 N–H and O–H groups in total. The van der Waals surface area contributed by atoms with Gasteiger partial charge in [0.1, 0.15) is 0 Å². The Hall–Kier alpha value is -1.33. The van der Waals surface area contributed by atoms with Crippen molar-refractivity contribution >= 4 is 0 Å². The van der Waals surface area contributed by atoms with Crippen molar-refractivity contribution in [3.05, 3.63) is 48.0 Å². The van der Waals surface area contributed by atoms with Crippen LogP contribution in [0, 0.1) is 0 Å². The molecular formula is C12H15F3N2. The van der Waals surface area contributed by atoms with Crippen molar-refractivity contribution in [2.75, 3.05) is 7.05 Å². The van der Waals surface area contributed by atoms with Crippen molar-refractivity contribution in [3.8, 4) is 0 Å². The van der Waals surface area contributed by atoms with Gasteiger partial charge in [0.05, 0.1) is 6.04 Å². The molecule has 0 saturated carbocycles. The molecular weight excluding hydrogens is 229 g/mol. The van der Waals surface area contributed by atoms with Crippen molar-refractivity contribution in [3.63, 3.8) is 0 Å². The first kappa shape index (κ1) is 13.7. The fourth-order valence-corrected chi connectivity index (χ4v) is 1.52. The van der Waals surface area contributed by atoms with Crippen LogP contribution in [-0.4, -0.2) is 18.2 Å². The second-order valence-corrected chi connectivity index (χ2v) is 3.90. The minimum atomic E-state index is -4.37. The lowest BCUT2D eigenvalue weighted by Crippen LogP contribution is -2.32. The van der Waals surface area contributed by atoms with E-state index in [4.69, 9.17) is 5.84 Å². The average Bonchev–Trinajstić information content (AvgIpc) is 2.25. The van der Waals surface area contributed by atoms with E-state index in [2.05, 4.69) is 6.58 Å². The van der Waals surface area contributed by atoms with Gasteiger partial charge < -0.3 is 0 Å². The van der Waals surface area contributed by atoms with E-state index in [9.17, 15) is 13.2 Å². The minimum Gasteiger partial charge on any atom is -0.268 e. The molecule has 94 valence electrons. The number of alkyl halides is 3. The van der Waals surface area contributed by atoms with E-state index < -0.39 is 17.8 Å². The highest BCUT2D eigenvalue weighted by Gasteiger charge is 2.34. The summed E-state index contributed by atoms with van der Waals surface area (Å²) >= 11 is 0. The second-order valence-electron chi connectivity index (χ2n) is 3.90. The molecule has 0 aliphatic rings. The molecule has 0 heterocycles. The predicted molar refractivity (Wildman–Crippen MR) is 60.9 cm³/mol. The summed E-state index contributed by atoms with van der Waals surface area (Å²) in [6, 6.07) is 8.31. The van der Waals surface area contributed by atoms with E-state index in [-0.39, 0.29) is 6.42 Å². The summed E-state index contributed by atoms with van der Waals surface area (Å²) < 4.78 is 37.3. The maximum absolute atomic E-state index is 12.4. The Labute approximate surface area is 98.5 Å². The van der Waals surface area contributed by atoms with Gasteiger partial charge in [0.25, 0.3) is 0 Å². The smallest absolute Gasteiger partial charge is 0.268 e. The molecule has 1 aromatic carbocycles. The van der Waals surface area contributed by atoms with Crippen molar-refractivity contribution in [1.29, 1.82) is 0 Å². The number of halogens is 3. The fourth-order valence-electron chi connectivity index (χ4n) is 1.52. The van der Waals surface area contributed by atoms with Crippen LogP contribution in [0.1, 0.15) is 18.0 Å². The molecule has 0 spiro atoms. The average molecular weight is 244 g/mol. The number of nitrogens with two attached hydrogens (primary N) is 1. The largest absolute Gasteiger partial charge is 0.412 e. The van der Waals surface area contributed by atoms with Gasteiger partial charge in [-0.25, -0.2) is 5.01 Å². The first-order valence-electron chi connectivity index (χ1n) is 5.10. The molecule has 2 nitrogen and oxygen atoms in total. The van der Waals surface area contributed by atoms with E-state index >= 15 is 0 Å². The van der Waals surface area contributed by atoms with Crippen LogP contribution in [0.15, 0.2) is 42.5 Å². The normalized spacial score (nSPS) is 13.8. The lowest BCUT2D eigenvalue weighted by atomic mass is 9.99. The van der Waals surface area contributed by atoms with E-state index in [1.54, 1.807) is 37.4 Å². The number of hydrogen-bond donors (Lipinski definition) is 1. The van der Waals surface area contributed by atoms with Crippen LogP contribution in [0.25, 0.3) is 0 Å². The number of nitrogens with zero attached hydrogens (tertiary/aromatic N) is 1. The highest BCUT2D eigenvalue weighted by Crippen LogP contribution is 2.33. The van der Waals surface area contributed by atoms with Gasteiger partial charge >= 0.3 is 6.18 Å². The van der Waals surface area contributed by atoms with Crippen LogP contribution in [-0.2, 0) is 0 Å². The van der Waals surface area contributed by atoms with E-state index in [1.807, 2.05) is 0 Å². The van der Waals surface area contributed by atoms with Crippen LogP contribution in [0.2, 0.25) is 0 Å². The Morgan fingerprint density at radius 2 is 1.88 bits per heavy atom. The number of hydrazine groups is 1. The molecule has 5 heteroatoms. The molecule has 1 atom stereocenters. The summed E-state index contributed by atoms with van der Waals surface area (Å²) in [7, 11) is 1.54. The fraction of sp³-hybridized carbons (Fsp3) is 0.333. The monoisotopic (exact) mass is 244 g/mol. The lowest BCUT2D eigenvalue weighted by Gasteiger charge is -2.25. The molecule has 0 aromatic heterocycles. The maximum Gasteiger partial charge on any atom is 0.412 e. The lowest BCUT2D eigenvalue weighted by molar-refractivity contribution is -0.0954. The highest BCUT2D eigenvalue weighted by molar-refractivity contribution is 5.21. The zero-order chi connectivity index (χ0) is 13.1. The summed E-state index contributed by atoms with van der Waals surface area (Å²) in [6.45, 7) is 3.07. The van der Waals surface area contributed by atoms with E-state index in [0.29, 0.717) is 0 Å². The summed E-state index contributed by atoms with van der Waals surface area (Å²) in [5.74, 6) is 5.59. The molecule has 17 heavy (non-hydrogen) atoms. The molecule has 0 amide bonds. The van der Waals surface area contributed by atoms with Crippen LogP contribution >= 0.6 is 0 Å². The van der Waals surface area contributed by atoms with E-state index in [1.165, 1.54) is 5.01 Å². The maximum atomic E-state index is 12.4. The molecule has 0 fully saturated rings. The third kappa shape index (κ3) is 3.87. The van der Waals surface area contributed by atoms with Crippen molar-refractivity contribution in [1.82, 2.24) is 5.01 Å². The van der Waals surface area contributed by atoms with Gasteiger partial charge in [0.2, 0.25) is 0 Å². The molecule has 0 aliphatic carbocycles. The Bertz CT molecular complexity index is 371. The molecule has 0 radical (unpaired) electrons. The van der Waals surface area contributed by atoms with Crippen molar-refractivity contribution < 1.29 is 13.2 Å². The van der Waals surface area contributed by atoms with Gasteiger partial charge in [-0.05, 0) is 12.0 Å². The highest BCUT2D eigenvalue weighted by atomic mass is 19.4. The van der Waals surface area contributed by atoms with Gasteiger partial charge in [0.15, 0.2) is 0 Å². The Balaban J connectivity index is 2.86. The van der Waals surface area contributed by atoms with Crippen LogP contribution in [0.3, 0.4) is 0 Å². The minimum absolute atomic E-state index is 0.236. The van der Waals surface area contributed by atoms with Gasteiger partial charge in [-0.3, -0.25) is 5.84 Å². The zero-order valence-electron chi connectivity index (χ0n) is 9.54. The number of hydrogen-bond acceptors (Lipinski definition) is 2. The van der Waals surface area contributed by atoms with Gasteiger partial charge in [0, 0.05) is 12.6 Å². The molecule has 1 aromatic rings.